The van der Waals surface area contributed by atoms with Gasteiger partial charge in [0.05, 0.1) is 11.9 Å². The smallest absolute Gasteiger partial charge is 0.257 e. The zero-order chi connectivity index (χ0) is 18.2. The van der Waals surface area contributed by atoms with Gasteiger partial charge in [-0.25, -0.2) is 22.1 Å². The first-order chi connectivity index (χ1) is 11.8. The Kier molecular flexibility index (Phi) is 4.65. The first-order valence-electron chi connectivity index (χ1n) is 8.07. The minimum absolute atomic E-state index is 0.221. The highest BCUT2D eigenvalue weighted by atomic mass is 32.2. The van der Waals surface area contributed by atoms with Gasteiger partial charge in [0, 0.05) is 38.6 Å². The highest BCUT2D eigenvalue weighted by Crippen LogP contribution is 2.19. The van der Waals surface area contributed by atoms with Crippen LogP contribution in [-0.4, -0.2) is 63.6 Å². The Balaban J connectivity index is 1.83. The number of hydrogen-bond donors (Lipinski definition) is 1. The quantitative estimate of drug-likeness (QED) is 0.825. The Morgan fingerprint density at radius 3 is 2.80 bits per heavy atom. The maximum atomic E-state index is 12.8. The average molecular weight is 366 g/mol. The summed E-state index contributed by atoms with van der Waals surface area (Å²) in [7, 11) is -1.50. The molecule has 1 fully saturated rings. The van der Waals surface area contributed by atoms with Crippen LogP contribution in [-0.2, 0) is 17.1 Å². The van der Waals surface area contributed by atoms with Crippen LogP contribution >= 0.6 is 0 Å². The third kappa shape index (κ3) is 3.59. The number of hydrogen-bond acceptors (Lipinski definition) is 5. The molecule has 136 valence electrons. The second-order valence-corrected chi connectivity index (χ2v) is 8.27. The van der Waals surface area contributed by atoms with E-state index in [0.717, 1.165) is 12.8 Å². The summed E-state index contributed by atoms with van der Waals surface area (Å²) < 4.78 is 28.1. The molecule has 0 bridgehead atoms. The maximum Gasteiger partial charge on any atom is 0.257 e. The molecule has 1 aliphatic rings. The second-order valence-electron chi connectivity index (χ2n) is 6.29. The Bertz CT molecular complexity index is 871. The van der Waals surface area contributed by atoms with Crippen molar-refractivity contribution in [3.63, 3.8) is 0 Å². The van der Waals surface area contributed by atoms with Crippen molar-refractivity contribution in [1.82, 2.24) is 29.2 Å². The Morgan fingerprint density at radius 2 is 2.16 bits per heavy atom. The third-order valence-electron chi connectivity index (χ3n) is 4.33. The number of carbonyl (C=O) groups is 1. The van der Waals surface area contributed by atoms with Gasteiger partial charge in [-0.3, -0.25) is 4.79 Å². The zero-order valence-electron chi connectivity index (χ0n) is 14.5. The number of nitrogens with zero attached hydrogens (tertiary/aromatic N) is 5. The van der Waals surface area contributed by atoms with Crippen molar-refractivity contribution >= 4 is 15.9 Å². The van der Waals surface area contributed by atoms with Crippen molar-refractivity contribution in [3.8, 4) is 5.82 Å². The number of aromatic nitrogens is 4. The van der Waals surface area contributed by atoms with E-state index in [-0.39, 0.29) is 11.9 Å². The SMILES string of the molecule is Cc1nn(C)c(-n2cccn2)c1C(=O)NC1CCCN(S(C)(=O)=O)C1. The van der Waals surface area contributed by atoms with Crippen LogP contribution in [0.15, 0.2) is 18.5 Å². The van der Waals surface area contributed by atoms with Gasteiger partial charge in [0.1, 0.15) is 5.56 Å². The van der Waals surface area contributed by atoms with Crippen LogP contribution in [0.4, 0.5) is 0 Å². The van der Waals surface area contributed by atoms with Crippen LogP contribution in [0.5, 0.6) is 0 Å². The molecular formula is C15H22N6O3S. The van der Waals surface area contributed by atoms with Gasteiger partial charge < -0.3 is 5.32 Å². The van der Waals surface area contributed by atoms with Gasteiger partial charge in [-0.1, -0.05) is 0 Å². The lowest BCUT2D eigenvalue weighted by molar-refractivity contribution is 0.0920. The van der Waals surface area contributed by atoms with Crippen LogP contribution in [0.25, 0.3) is 5.82 Å². The molecule has 0 aliphatic carbocycles. The molecule has 2 aromatic heterocycles. The lowest BCUT2D eigenvalue weighted by Crippen LogP contribution is -2.49. The third-order valence-corrected chi connectivity index (χ3v) is 5.60. The van der Waals surface area contributed by atoms with E-state index < -0.39 is 10.0 Å². The topological polar surface area (TPSA) is 102 Å². The van der Waals surface area contributed by atoms with Crippen molar-refractivity contribution in [2.24, 2.45) is 7.05 Å². The second kappa shape index (κ2) is 6.60. The summed E-state index contributed by atoms with van der Waals surface area (Å²) in [5, 5.41) is 11.5. The fourth-order valence-electron chi connectivity index (χ4n) is 3.19. The highest BCUT2D eigenvalue weighted by Gasteiger charge is 2.29. The zero-order valence-corrected chi connectivity index (χ0v) is 15.3. The van der Waals surface area contributed by atoms with Crippen molar-refractivity contribution in [2.45, 2.75) is 25.8 Å². The molecule has 9 nitrogen and oxygen atoms in total. The summed E-state index contributed by atoms with van der Waals surface area (Å²) in [5.74, 6) is 0.312. The van der Waals surface area contributed by atoms with Crippen molar-refractivity contribution in [2.75, 3.05) is 19.3 Å². The number of rotatable bonds is 4. The van der Waals surface area contributed by atoms with Crippen LogP contribution in [0.3, 0.4) is 0 Å². The van der Waals surface area contributed by atoms with Crippen molar-refractivity contribution < 1.29 is 13.2 Å². The number of sulfonamides is 1. The molecule has 1 unspecified atom stereocenters. The number of carbonyl (C=O) groups excluding carboxylic acids is 1. The van der Waals surface area contributed by atoms with Gasteiger partial charge in [-0.2, -0.15) is 10.2 Å². The first-order valence-corrected chi connectivity index (χ1v) is 9.92. The monoisotopic (exact) mass is 366 g/mol. The standard InChI is InChI=1S/C15H22N6O3S/c1-11-13(15(19(2)18-11)21-9-5-7-16-21)14(22)17-12-6-4-8-20(10-12)25(3,23)24/h5,7,9,12H,4,6,8,10H2,1-3H3,(H,17,22). The Labute approximate surface area is 146 Å². The van der Waals surface area contributed by atoms with Gasteiger partial charge in [0.2, 0.25) is 10.0 Å². The summed E-state index contributed by atoms with van der Waals surface area (Å²) in [5.41, 5.74) is 1.05. The summed E-state index contributed by atoms with van der Waals surface area (Å²) in [6.45, 7) is 2.56. The molecule has 25 heavy (non-hydrogen) atoms. The normalized spacial score (nSPS) is 19.1. The van der Waals surface area contributed by atoms with E-state index in [4.69, 9.17) is 0 Å². The molecule has 0 aromatic carbocycles. The first kappa shape index (κ1) is 17.6. The van der Waals surface area contributed by atoms with E-state index in [0.29, 0.717) is 30.2 Å². The number of aryl methyl sites for hydroxylation is 2. The van der Waals surface area contributed by atoms with Crippen LogP contribution < -0.4 is 5.32 Å². The Morgan fingerprint density at radius 1 is 1.40 bits per heavy atom. The maximum absolute atomic E-state index is 12.8. The van der Waals surface area contributed by atoms with E-state index >= 15 is 0 Å². The van der Waals surface area contributed by atoms with E-state index in [1.807, 2.05) is 0 Å². The van der Waals surface area contributed by atoms with Crippen LogP contribution in [0, 0.1) is 6.92 Å². The molecule has 3 rings (SSSR count). The predicted molar refractivity (Wildman–Crippen MR) is 92.0 cm³/mol. The molecule has 1 N–H and O–H groups in total. The van der Waals surface area contributed by atoms with E-state index in [9.17, 15) is 13.2 Å². The molecule has 1 aliphatic heterocycles. The summed E-state index contributed by atoms with van der Waals surface area (Å²) in [6.07, 6.45) is 6.04. The fraction of sp³-hybridized carbons (Fsp3) is 0.533. The lowest BCUT2D eigenvalue weighted by Gasteiger charge is -2.31. The largest absolute Gasteiger partial charge is 0.348 e. The van der Waals surface area contributed by atoms with Crippen molar-refractivity contribution in [1.29, 1.82) is 0 Å². The number of nitrogens with one attached hydrogen (secondary N) is 1. The molecule has 0 saturated carbocycles. The van der Waals surface area contributed by atoms with Gasteiger partial charge in [0.15, 0.2) is 5.82 Å². The molecule has 1 saturated heterocycles. The summed E-state index contributed by atoms with van der Waals surface area (Å²) >= 11 is 0. The molecule has 10 heteroatoms. The minimum Gasteiger partial charge on any atom is -0.348 e. The molecule has 2 aromatic rings. The Hall–Kier alpha value is -2.20. The molecule has 0 radical (unpaired) electrons. The molecule has 1 amide bonds. The van der Waals surface area contributed by atoms with Gasteiger partial charge in [0.25, 0.3) is 5.91 Å². The number of piperidine rings is 1. The molecular weight excluding hydrogens is 344 g/mol. The average Bonchev–Trinajstić information content (AvgIpc) is 3.13. The minimum atomic E-state index is -3.26. The molecule has 0 spiro atoms. The summed E-state index contributed by atoms with van der Waals surface area (Å²) in [6, 6.07) is 1.55. The van der Waals surface area contributed by atoms with Gasteiger partial charge >= 0.3 is 0 Å². The highest BCUT2D eigenvalue weighted by molar-refractivity contribution is 7.88. The van der Waals surface area contributed by atoms with E-state index in [1.54, 1.807) is 41.8 Å². The van der Waals surface area contributed by atoms with E-state index in [1.165, 1.54) is 10.6 Å². The lowest BCUT2D eigenvalue weighted by atomic mass is 10.1. The van der Waals surface area contributed by atoms with Crippen LogP contribution in [0.2, 0.25) is 0 Å². The molecule has 1 atom stereocenters. The van der Waals surface area contributed by atoms with Gasteiger partial charge in [-0.05, 0) is 25.8 Å². The van der Waals surface area contributed by atoms with Gasteiger partial charge in [-0.15, -0.1) is 0 Å². The van der Waals surface area contributed by atoms with Crippen molar-refractivity contribution in [3.05, 3.63) is 29.7 Å². The fourth-order valence-corrected chi connectivity index (χ4v) is 4.10. The van der Waals surface area contributed by atoms with E-state index in [2.05, 4.69) is 15.5 Å². The number of amides is 1. The van der Waals surface area contributed by atoms with Crippen LogP contribution in [0.1, 0.15) is 28.9 Å². The summed E-state index contributed by atoms with van der Waals surface area (Å²) in [4.78, 5) is 12.8. The predicted octanol–water partition coefficient (Wildman–Crippen LogP) is 0.0680. The molecule has 3 heterocycles.